The van der Waals surface area contributed by atoms with Gasteiger partial charge in [0.2, 0.25) is 0 Å². The largest absolute Gasteiger partial charge is 0.492 e. The minimum atomic E-state index is -0.798. The van der Waals surface area contributed by atoms with Gasteiger partial charge in [-0.2, -0.15) is 0 Å². The third-order valence-electron chi connectivity index (χ3n) is 5.51. The van der Waals surface area contributed by atoms with Crippen LogP contribution in [0.15, 0.2) is 24.3 Å². The maximum absolute atomic E-state index is 12.6. The Bertz CT molecular complexity index is 594. The molecule has 1 amide bonds. The van der Waals surface area contributed by atoms with Crippen LogP contribution >= 0.6 is 0 Å². The lowest BCUT2D eigenvalue weighted by Gasteiger charge is -2.34. The summed E-state index contributed by atoms with van der Waals surface area (Å²) in [4.78, 5) is 15.1. The van der Waals surface area contributed by atoms with Crippen molar-refractivity contribution in [1.29, 1.82) is 0 Å². The zero-order valence-corrected chi connectivity index (χ0v) is 18.3. The number of piperidine rings is 1. The molecule has 0 aliphatic carbocycles. The number of hydrogen-bond acceptors (Lipinski definition) is 4. The predicted molar refractivity (Wildman–Crippen MR) is 115 cm³/mol. The summed E-state index contributed by atoms with van der Waals surface area (Å²) < 4.78 is 11.7. The summed E-state index contributed by atoms with van der Waals surface area (Å²) in [5.41, 5.74) is -0.0377. The van der Waals surface area contributed by atoms with Crippen LogP contribution in [0.25, 0.3) is 0 Å². The van der Waals surface area contributed by atoms with Gasteiger partial charge < -0.3 is 14.8 Å². The Morgan fingerprint density at radius 1 is 1.14 bits per heavy atom. The first-order chi connectivity index (χ1) is 13.4. The highest BCUT2D eigenvalue weighted by Gasteiger charge is 2.32. The van der Waals surface area contributed by atoms with Gasteiger partial charge in [-0.1, -0.05) is 27.7 Å². The summed E-state index contributed by atoms with van der Waals surface area (Å²) >= 11 is 0. The van der Waals surface area contributed by atoms with Crippen LogP contribution < -0.4 is 10.1 Å². The molecule has 0 saturated carbocycles. The van der Waals surface area contributed by atoms with E-state index in [0.717, 1.165) is 49.3 Å². The van der Waals surface area contributed by atoms with E-state index in [0.29, 0.717) is 19.6 Å². The molecule has 0 aromatic heterocycles. The Morgan fingerprint density at radius 3 is 2.36 bits per heavy atom. The first-order valence-corrected chi connectivity index (χ1v) is 10.8. The summed E-state index contributed by atoms with van der Waals surface area (Å²) in [6, 6.07) is 7.59. The molecule has 0 radical (unpaired) electrons. The van der Waals surface area contributed by atoms with Crippen LogP contribution in [-0.4, -0.2) is 49.3 Å². The van der Waals surface area contributed by atoms with Crippen molar-refractivity contribution >= 4 is 11.6 Å². The molecule has 1 heterocycles. The van der Waals surface area contributed by atoms with E-state index in [1.807, 2.05) is 45.0 Å². The minimum Gasteiger partial charge on any atom is -0.492 e. The zero-order chi connectivity index (χ0) is 20.6. The molecule has 1 fully saturated rings. The highest BCUT2D eigenvalue weighted by molar-refractivity contribution is 5.97. The third kappa shape index (κ3) is 6.78. The summed E-state index contributed by atoms with van der Waals surface area (Å²) in [5, 5.41) is 2.96. The average Bonchev–Trinajstić information content (AvgIpc) is 2.66. The number of ether oxygens (including phenoxy) is 2. The summed E-state index contributed by atoms with van der Waals surface area (Å²) in [6.07, 6.45) is 2.85. The molecule has 1 aliphatic rings. The number of nitrogens with zero attached hydrogens (tertiary/aromatic N) is 1. The second-order valence-corrected chi connectivity index (χ2v) is 8.47. The molecule has 1 aliphatic heterocycles. The lowest BCUT2D eigenvalue weighted by atomic mass is 9.92. The molecule has 0 bridgehead atoms. The number of carbonyl (C=O) groups excluding carboxylic acids is 1. The Labute approximate surface area is 170 Å². The highest BCUT2D eigenvalue weighted by Crippen LogP contribution is 2.22. The van der Waals surface area contributed by atoms with Crippen LogP contribution in [0.5, 0.6) is 5.75 Å². The van der Waals surface area contributed by atoms with Crippen LogP contribution in [0.2, 0.25) is 0 Å². The number of benzene rings is 1. The van der Waals surface area contributed by atoms with Crippen molar-refractivity contribution in [3.63, 3.8) is 0 Å². The molecule has 5 heteroatoms. The SMILES string of the molecule is CCCOC(C)(CC)C(=O)Nc1ccc(OCCN2CC(C)CC(C)C2)cc1. The zero-order valence-electron chi connectivity index (χ0n) is 18.3. The van der Waals surface area contributed by atoms with E-state index in [2.05, 4.69) is 24.1 Å². The normalized spacial score (nSPS) is 22.5. The molecular weight excluding hydrogens is 352 g/mol. The summed E-state index contributed by atoms with van der Waals surface area (Å²) in [5.74, 6) is 2.26. The summed E-state index contributed by atoms with van der Waals surface area (Å²) in [7, 11) is 0. The third-order valence-corrected chi connectivity index (χ3v) is 5.51. The van der Waals surface area contributed by atoms with E-state index in [1.165, 1.54) is 6.42 Å². The molecule has 1 N–H and O–H groups in total. The lowest BCUT2D eigenvalue weighted by Crippen LogP contribution is -2.42. The fourth-order valence-corrected chi connectivity index (χ4v) is 3.82. The van der Waals surface area contributed by atoms with E-state index in [1.54, 1.807) is 0 Å². The van der Waals surface area contributed by atoms with Gasteiger partial charge in [0.25, 0.3) is 5.91 Å². The van der Waals surface area contributed by atoms with Gasteiger partial charge in [0.1, 0.15) is 18.0 Å². The molecule has 0 spiro atoms. The van der Waals surface area contributed by atoms with Gasteiger partial charge in [-0.05, 0) is 62.3 Å². The van der Waals surface area contributed by atoms with E-state index in [-0.39, 0.29) is 5.91 Å². The smallest absolute Gasteiger partial charge is 0.256 e. The van der Waals surface area contributed by atoms with E-state index in [9.17, 15) is 4.79 Å². The molecule has 1 aromatic carbocycles. The van der Waals surface area contributed by atoms with Gasteiger partial charge >= 0.3 is 0 Å². The molecule has 3 unspecified atom stereocenters. The fourth-order valence-electron chi connectivity index (χ4n) is 3.82. The molecule has 2 rings (SSSR count). The van der Waals surface area contributed by atoms with Crippen LogP contribution in [-0.2, 0) is 9.53 Å². The van der Waals surface area contributed by atoms with Crippen molar-refractivity contribution < 1.29 is 14.3 Å². The quantitative estimate of drug-likeness (QED) is 0.635. The number of rotatable bonds is 10. The number of nitrogens with one attached hydrogen (secondary N) is 1. The fraction of sp³-hybridized carbons (Fsp3) is 0.696. The molecule has 158 valence electrons. The van der Waals surface area contributed by atoms with Gasteiger partial charge in [0.05, 0.1) is 0 Å². The monoisotopic (exact) mass is 390 g/mol. The Morgan fingerprint density at radius 2 is 1.79 bits per heavy atom. The van der Waals surface area contributed by atoms with Crippen molar-refractivity contribution in [1.82, 2.24) is 4.90 Å². The first kappa shape index (κ1) is 22.7. The maximum atomic E-state index is 12.6. The molecule has 28 heavy (non-hydrogen) atoms. The standard InChI is InChI=1S/C23H38N2O3/c1-6-13-28-23(5,7-2)22(26)24-20-8-10-21(11-9-20)27-14-12-25-16-18(3)15-19(4)17-25/h8-11,18-19H,6-7,12-17H2,1-5H3,(H,24,26). The van der Waals surface area contributed by atoms with Crippen molar-refractivity contribution in [3.8, 4) is 5.75 Å². The van der Waals surface area contributed by atoms with Crippen LogP contribution in [0, 0.1) is 11.8 Å². The van der Waals surface area contributed by atoms with Crippen molar-refractivity contribution in [2.75, 3.05) is 38.2 Å². The predicted octanol–water partition coefficient (Wildman–Crippen LogP) is 4.58. The van der Waals surface area contributed by atoms with E-state index >= 15 is 0 Å². The number of carbonyl (C=O) groups is 1. The van der Waals surface area contributed by atoms with Crippen molar-refractivity contribution in [3.05, 3.63) is 24.3 Å². The van der Waals surface area contributed by atoms with Gasteiger partial charge in [0, 0.05) is 31.9 Å². The maximum Gasteiger partial charge on any atom is 0.256 e. The molecule has 1 aromatic rings. The lowest BCUT2D eigenvalue weighted by molar-refractivity contribution is -0.139. The molecular formula is C23H38N2O3. The van der Waals surface area contributed by atoms with Gasteiger partial charge in [-0.15, -0.1) is 0 Å². The average molecular weight is 391 g/mol. The van der Waals surface area contributed by atoms with Gasteiger partial charge in [-0.3, -0.25) is 9.69 Å². The van der Waals surface area contributed by atoms with Crippen molar-refractivity contribution in [2.24, 2.45) is 11.8 Å². The number of hydrogen-bond donors (Lipinski definition) is 1. The van der Waals surface area contributed by atoms with Gasteiger partial charge in [-0.25, -0.2) is 0 Å². The molecule has 3 atom stereocenters. The van der Waals surface area contributed by atoms with E-state index in [4.69, 9.17) is 9.47 Å². The second kappa shape index (κ2) is 10.8. The first-order valence-electron chi connectivity index (χ1n) is 10.8. The van der Waals surface area contributed by atoms with Gasteiger partial charge in [0.15, 0.2) is 0 Å². The Balaban J connectivity index is 1.80. The minimum absolute atomic E-state index is 0.106. The summed E-state index contributed by atoms with van der Waals surface area (Å²) in [6.45, 7) is 15.1. The number of likely N-dealkylation sites (tertiary alicyclic amines) is 1. The Hall–Kier alpha value is -1.59. The number of anilines is 1. The van der Waals surface area contributed by atoms with Crippen LogP contribution in [0.3, 0.4) is 0 Å². The highest BCUT2D eigenvalue weighted by atomic mass is 16.5. The molecule has 1 saturated heterocycles. The topological polar surface area (TPSA) is 50.8 Å². The van der Waals surface area contributed by atoms with Crippen molar-refractivity contribution in [2.45, 2.75) is 59.5 Å². The van der Waals surface area contributed by atoms with Crippen LogP contribution in [0.1, 0.15) is 53.9 Å². The molecule has 5 nitrogen and oxygen atoms in total. The van der Waals surface area contributed by atoms with Crippen LogP contribution in [0.4, 0.5) is 5.69 Å². The second-order valence-electron chi connectivity index (χ2n) is 8.47. The van der Waals surface area contributed by atoms with E-state index < -0.39 is 5.60 Å². The Kier molecular flexibility index (Phi) is 8.77. The number of amides is 1.